The lowest BCUT2D eigenvalue weighted by Gasteiger charge is -2.33. The molecule has 3 rings (SSSR count). The Hall–Kier alpha value is -3.56. The van der Waals surface area contributed by atoms with E-state index in [4.69, 9.17) is 16.3 Å². The number of carbonyl (C=O) groups excluding carboxylic acids is 2. The molecular weight excluding hydrogens is 562 g/mol. The summed E-state index contributed by atoms with van der Waals surface area (Å²) in [7, 11) is -3.85. The first-order chi connectivity index (χ1) is 19.6. The molecular formula is C31H38ClN3O5S. The molecule has 1 N–H and O–H groups in total. The second kappa shape index (κ2) is 15.4. The van der Waals surface area contributed by atoms with Gasteiger partial charge in [0.15, 0.2) is 0 Å². The number of anilines is 1. The van der Waals surface area contributed by atoms with E-state index in [0.717, 1.165) is 34.5 Å². The summed E-state index contributed by atoms with van der Waals surface area (Å²) in [6, 6.07) is 22.1. The van der Waals surface area contributed by atoms with Gasteiger partial charge in [0.25, 0.3) is 0 Å². The van der Waals surface area contributed by atoms with E-state index < -0.39 is 28.5 Å². The molecule has 2 amide bonds. The van der Waals surface area contributed by atoms with E-state index in [0.29, 0.717) is 29.6 Å². The second-order valence-corrected chi connectivity index (χ2v) is 12.0. The van der Waals surface area contributed by atoms with Crippen LogP contribution in [0.5, 0.6) is 5.75 Å². The lowest BCUT2D eigenvalue weighted by molar-refractivity contribution is -0.140. The van der Waals surface area contributed by atoms with Crippen molar-refractivity contribution in [3.8, 4) is 5.75 Å². The maximum atomic E-state index is 14.1. The van der Waals surface area contributed by atoms with Gasteiger partial charge in [-0.25, -0.2) is 8.42 Å². The number of carbonyl (C=O) groups is 2. The van der Waals surface area contributed by atoms with Gasteiger partial charge in [-0.2, -0.15) is 0 Å². The number of hydrogen-bond donors (Lipinski definition) is 1. The number of rotatable bonds is 15. The maximum Gasteiger partial charge on any atom is 0.244 e. The Bertz CT molecular complexity index is 1370. The SMILES string of the molecule is CCCCNC(=O)C(Cc1ccccc1)N(Cc1ccc(Cl)cc1)C(=O)CN(c1ccc(OCC)cc1)S(C)(=O)=O. The number of halogens is 1. The minimum atomic E-state index is -3.85. The summed E-state index contributed by atoms with van der Waals surface area (Å²) in [5, 5.41) is 3.51. The van der Waals surface area contributed by atoms with Crippen molar-refractivity contribution < 1.29 is 22.7 Å². The van der Waals surface area contributed by atoms with E-state index in [-0.39, 0.29) is 18.9 Å². The van der Waals surface area contributed by atoms with Gasteiger partial charge in [0.2, 0.25) is 21.8 Å². The third-order valence-electron chi connectivity index (χ3n) is 6.48. The van der Waals surface area contributed by atoms with Crippen molar-refractivity contribution in [2.24, 2.45) is 0 Å². The van der Waals surface area contributed by atoms with Gasteiger partial charge < -0.3 is 15.0 Å². The van der Waals surface area contributed by atoms with Crippen molar-refractivity contribution in [1.29, 1.82) is 0 Å². The highest BCUT2D eigenvalue weighted by atomic mass is 35.5. The number of hydrogen-bond acceptors (Lipinski definition) is 5. The monoisotopic (exact) mass is 599 g/mol. The lowest BCUT2D eigenvalue weighted by Crippen LogP contribution is -2.53. The van der Waals surface area contributed by atoms with E-state index in [1.165, 1.54) is 4.90 Å². The normalized spacial score (nSPS) is 11.9. The smallest absolute Gasteiger partial charge is 0.244 e. The molecule has 0 aliphatic rings. The molecule has 0 bridgehead atoms. The summed E-state index contributed by atoms with van der Waals surface area (Å²) in [6.45, 7) is 4.45. The van der Waals surface area contributed by atoms with Gasteiger partial charge in [-0.1, -0.05) is 67.4 Å². The van der Waals surface area contributed by atoms with Crippen LogP contribution < -0.4 is 14.4 Å². The number of sulfonamides is 1. The summed E-state index contributed by atoms with van der Waals surface area (Å²) in [5.41, 5.74) is 1.96. The van der Waals surface area contributed by atoms with Gasteiger partial charge in [-0.3, -0.25) is 13.9 Å². The van der Waals surface area contributed by atoms with Gasteiger partial charge in [-0.15, -0.1) is 0 Å². The first-order valence-corrected chi connectivity index (χ1v) is 15.9. The highest BCUT2D eigenvalue weighted by Gasteiger charge is 2.33. The number of benzene rings is 3. The maximum absolute atomic E-state index is 14.1. The Kier molecular flexibility index (Phi) is 12.0. The number of amides is 2. The number of ether oxygens (including phenoxy) is 1. The zero-order valence-corrected chi connectivity index (χ0v) is 25.3. The standard InChI is InChI=1S/C31H38ClN3O5S/c1-4-6-20-33-31(37)29(21-24-10-8-7-9-11-24)34(22-25-12-14-26(32)15-13-25)30(36)23-35(41(3,38)39)27-16-18-28(19-17-27)40-5-2/h7-19,29H,4-6,20-23H2,1-3H3,(H,33,37). The van der Waals surface area contributed by atoms with Crippen LogP contribution in [0.1, 0.15) is 37.8 Å². The van der Waals surface area contributed by atoms with Crippen molar-refractivity contribution >= 4 is 39.1 Å². The van der Waals surface area contributed by atoms with Crippen molar-refractivity contribution in [3.05, 3.63) is 95.0 Å². The molecule has 10 heteroatoms. The number of nitrogens with one attached hydrogen (secondary N) is 1. The van der Waals surface area contributed by atoms with Crippen LogP contribution in [0, 0.1) is 0 Å². The van der Waals surface area contributed by atoms with E-state index in [1.54, 1.807) is 48.5 Å². The predicted octanol–water partition coefficient (Wildman–Crippen LogP) is 5.06. The Labute approximate surface area is 248 Å². The summed E-state index contributed by atoms with van der Waals surface area (Å²) in [5.74, 6) is -0.213. The van der Waals surface area contributed by atoms with E-state index in [1.807, 2.05) is 44.2 Å². The molecule has 3 aromatic carbocycles. The summed E-state index contributed by atoms with van der Waals surface area (Å²) >= 11 is 6.09. The molecule has 1 unspecified atom stereocenters. The minimum Gasteiger partial charge on any atom is -0.494 e. The molecule has 0 saturated carbocycles. The fraction of sp³-hybridized carbons (Fsp3) is 0.355. The lowest BCUT2D eigenvalue weighted by atomic mass is 10.0. The van der Waals surface area contributed by atoms with Crippen LogP contribution in [-0.2, 0) is 32.6 Å². The number of nitrogens with zero attached hydrogens (tertiary/aromatic N) is 2. The largest absolute Gasteiger partial charge is 0.494 e. The molecule has 8 nitrogen and oxygen atoms in total. The second-order valence-electron chi connectivity index (χ2n) is 9.69. The third-order valence-corrected chi connectivity index (χ3v) is 7.87. The molecule has 0 fully saturated rings. The molecule has 0 heterocycles. The van der Waals surface area contributed by atoms with Gasteiger partial charge in [0.05, 0.1) is 18.6 Å². The fourth-order valence-electron chi connectivity index (χ4n) is 4.34. The Morgan fingerprint density at radius 3 is 2.17 bits per heavy atom. The quantitative estimate of drug-likeness (QED) is 0.246. The molecule has 0 aliphatic carbocycles. The van der Waals surface area contributed by atoms with Crippen molar-refractivity contribution in [2.75, 3.05) is 30.3 Å². The molecule has 0 spiro atoms. The van der Waals surface area contributed by atoms with Crippen LogP contribution in [0.4, 0.5) is 5.69 Å². The molecule has 3 aromatic rings. The van der Waals surface area contributed by atoms with Crippen LogP contribution in [0.2, 0.25) is 5.02 Å². The van der Waals surface area contributed by atoms with Crippen LogP contribution in [-0.4, -0.2) is 57.1 Å². The van der Waals surface area contributed by atoms with E-state index in [9.17, 15) is 18.0 Å². The van der Waals surface area contributed by atoms with Crippen LogP contribution >= 0.6 is 11.6 Å². The predicted molar refractivity (Wildman–Crippen MR) is 164 cm³/mol. The minimum absolute atomic E-state index is 0.0928. The van der Waals surface area contributed by atoms with E-state index >= 15 is 0 Å². The van der Waals surface area contributed by atoms with E-state index in [2.05, 4.69) is 5.32 Å². The Morgan fingerprint density at radius 2 is 1.59 bits per heavy atom. The zero-order valence-electron chi connectivity index (χ0n) is 23.8. The molecule has 1 atom stereocenters. The molecule has 0 aromatic heterocycles. The van der Waals surface area contributed by atoms with Crippen LogP contribution in [0.15, 0.2) is 78.9 Å². The van der Waals surface area contributed by atoms with Gasteiger partial charge >= 0.3 is 0 Å². The molecule has 0 aliphatic heterocycles. The van der Waals surface area contributed by atoms with Crippen LogP contribution in [0.25, 0.3) is 0 Å². The van der Waals surface area contributed by atoms with Gasteiger partial charge in [0.1, 0.15) is 18.3 Å². The molecule has 41 heavy (non-hydrogen) atoms. The van der Waals surface area contributed by atoms with Crippen molar-refractivity contribution in [1.82, 2.24) is 10.2 Å². The third kappa shape index (κ3) is 9.79. The molecule has 0 radical (unpaired) electrons. The summed E-state index contributed by atoms with van der Waals surface area (Å²) in [4.78, 5) is 29.1. The first kappa shape index (κ1) is 32.0. The van der Waals surface area contributed by atoms with Gasteiger partial charge in [0, 0.05) is 24.5 Å². The van der Waals surface area contributed by atoms with Crippen molar-refractivity contribution in [3.63, 3.8) is 0 Å². The highest BCUT2D eigenvalue weighted by molar-refractivity contribution is 7.92. The van der Waals surface area contributed by atoms with Crippen molar-refractivity contribution in [2.45, 2.75) is 45.7 Å². The topological polar surface area (TPSA) is 96.0 Å². The van der Waals surface area contributed by atoms with Gasteiger partial charge in [-0.05, 0) is 60.9 Å². The Balaban J connectivity index is 2.00. The summed E-state index contributed by atoms with van der Waals surface area (Å²) < 4.78 is 32.3. The average Bonchev–Trinajstić information content (AvgIpc) is 2.95. The zero-order chi connectivity index (χ0) is 29.8. The summed E-state index contributed by atoms with van der Waals surface area (Å²) in [6.07, 6.45) is 3.02. The Morgan fingerprint density at radius 1 is 0.927 bits per heavy atom. The average molecular weight is 600 g/mol. The number of unbranched alkanes of at least 4 members (excludes halogenated alkanes) is 1. The fourth-order valence-corrected chi connectivity index (χ4v) is 5.31. The molecule has 0 saturated heterocycles. The van der Waals surface area contributed by atoms with Crippen LogP contribution in [0.3, 0.4) is 0 Å². The first-order valence-electron chi connectivity index (χ1n) is 13.7. The molecule has 220 valence electrons. The highest BCUT2D eigenvalue weighted by Crippen LogP contribution is 2.23.